The van der Waals surface area contributed by atoms with Crippen LogP contribution in [0.3, 0.4) is 0 Å². The summed E-state index contributed by atoms with van der Waals surface area (Å²) < 4.78 is 0. The Bertz CT molecular complexity index is 397. The van der Waals surface area contributed by atoms with Gasteiger partial charge in [0.1, 0.15) is 6.33 Å². The van der Waals surface area contributed by atoms with E-state index in [1.54, 1.807) is 0 Å². The SMILES string of the molecule is Nc1ncnc(N2CC3CC(O)C(C3)C2)n1. The summed E-state index contributed by atoms with van der Waals surface area (Å²) in [6, 6.07) is 0. The van der Waals surface area contributed by atoms with Gasteiger partial charge in [-0.3, -0.25) is 0 Å². The molecule has 0 spiro atoms. The van der Waals surface area contributed by atoms with Gasteiger partial charge >= 0.3 is 0 Å². The van der Waals surface area contributed by atoms with Crippen LogP contribution in [0, 0.1) is 11.8 Å². The number of nitrogen functional groups attached to an aromatic ring is 1. The first kappa shape index (κ1) is 9.77. The molecule has 0 aromatic carbocycles. The van der Waals surface area contributed by atoms with Crippen molar-refractivity contribution in [2.75, 3.05) is 23.7 Å². The van der Waals surface area contributed by atoms with E-state index >= 15 is 0 Å². The lowest BCUT2D eigenvalue weighted by Gasteiger charge is -2.31. The molecule has 1 saturated carbocycles. The Morgan fingerprint density at radius 3 is 2.94 bits per heavy atom. The fourth-order valence-electron chi connectivity index (χ4n) is 2.85. The third-order valence-corrected chi connectivity index (χ3v) is 3.55. The second-order valence-electron chi connectivity index (χ2n) is 4.71. The number of nitrogens with two attached hydrogens (primary N) is 1. The molecule has 0 amide bonds. The van der Waals surface area contributed by atoms with Crippen molar-refractivity contribution in [1.29, 1.82) is 0 Å². The van der Waals surface area contributed by atoms with E-state index < -0.39 is 0 Å². The molecule has 2 fully saturated rings. The quantitative estimate of drug-likeness (QED) is 0.674. The Morgan fingerprint density at radius 1 is 1.31 bits per heavy atom. The Kier molecular flexibility index (Phi) is 2.17. The van der Waals surface area contributed by atoms with Crippen LogP contribution in [-0.2, 0) is 0 Å². The molecule has 3 rings (SSSR count). The normalized spacial score (nSPS) is 33.1. The fourth-order valence-corrected chi connectivity index (χ4v) is 2.85. The van der Waals surface area contributed by atoms with E-state index in [0.717, 1.165) is 25.9 Å². The summed E-state index contributed by atoms with van der Waals surface area (Å²) in [5.41, 5.74) is 5.54. The van der Waals surface area contributed by atoms with E-state index in [1.807, 2.05) is 0 Å². The second kappa shape index (κ2) is 3.55. The van der Waals surface area contributed by atoms with Gasteiger partial charge in [0.05, 0.1) is 6.10 Å². The summed E-state index contributed by atoms with van der Waals surface area (Å²) in [5.74, 6) is 1.81. The minimum atomic E-state index is -0.158. The number of hydrogen-bond donors (Lipinski definition) is 2. The summed E-state index contributed by atoms with van der Waals surface area (Å²) in [5, 5.41) is 9.81. The number of nitrogens with zero attached hydrogens (tertiary/aromatic N) is 4. The molecule has 1 aromatic heterocycles. The standard InChI is InChI=1S/C10H15N5O/c11-9-12-5-13-10(14-9)15-3-6-1-7(4-15)8(16)2-6/h5-8,16H,1-4H2,(H2,11,12,13,14). The topological polar surface area (TPSA) is 88.2 Å². The van der Waals surface area contributed by atoms with Gasteiger partial charge in [0.25, 0.3) is 0 Å². The summed E-state index contributed by atoms with van der Waals surface area (Å²) in [6.45, 7) is 1.73. The lowest BCUT2D eigenvalue weighted by Crippen LogP contribution is -2.38. The van der Waals surface area contributed by atoms with Crippen molar-refractivity contribution in [2.45, 2.75) is 18.9 Å². The van der Waals surface area contributed by atoms with Gasteiger partial charge in [-0.25, -0.2) is 9.97 Å². The first-order valence-corrected chi connectivity index (χ1v) is 5.60. The summed E-state index contributed by atoms with van der Waals surface area (Å²) >= 11 is 0. The van der Waals surface area contributed by atoms with Crippen LogP contribution in [0.1, 0.15) is 12.8 Å². The number of hydrogen-bond acceptors (Lipinski definition) is 6. The van der Waals surface area contributed by atoms with E-state index in [1.165, 1.54) is 6.33 Å². The molecule has 1 saturated heterocycles. The molecule has 0 radical (unpaired) electrons. The van der Waals surface area contributed by atoms with Crippen LogP contribution in [0.5, 0.6) is 0 Å². The summed E-state index contributed by atoms with van der Waals surface area (Å²) in [7, 11) is 0. The van der Waals surface area contributed by atoms with Gasteiger partial charge < -0.3 is 15.7 Å². The maximum absolute atomic E-state index is 9.81. The first-order valence-electron chi connectivity index (χ1n) is 5.60. The molecule has 3 N–H and O–H groups in total. The molecule has 6 nitrogen and oxygen atoms in total. The average molecular weight is 221 g/mol. The zero-order valence-corrected chi connectivity index (χ0v) is 8.95. The van der Waals surface area contributed by atoms with Crippen molar-refractivity contribution in [3.8, 4) is 0 Å². The highest BCUT2D eigenvalue weighted by molar-refractivity contribution is 5.34. The van der Waals surface area contributed by atoms with E-state index in [4.69, 9.17) is 5.73 Å². The maximum Gasteiger partial charge on any atom is 0.230 e. The molecule has 86 valence electrons. The van der Waals surface area contributed by atoms with Crippen LogP contribution in [0.2, 0.25) is 0 Å². The largest absolute Gasteiger partial charge is 0.393 e. The number of aliphatic hydroxyl groups excluding tert-OH is 1. The summed E-state index contributed by atoms with van der Waals surface area (Å²) in [4.78, 5) is 14.1. The van der Waals surface area contributed by atoms with E-state index in [2.05, 4.69) is 19.9 Å². The molecule has 3 atom stereocenters. The first-order chi connectivity index (χ1) is 7.72. The van der Waals surface area contributed by atoms with Crippen LogP contribution >= 0.6 is 0 Å². The predicted molar refractivity (Wildman–Crippen MR) is 58.7 cm³/mol. The van der Waals surface area contributed by atoms with Crippen LogP contribution in [0.4, 0.5) is 11.9 Å². The van der Waals surface area contributed by atoms with Gasteiger partial charge in [-0.1, -0.05) is 0 Å². The molecular weight excluding hydrogens is 206 g/mol. The van der Waals surface area contributed by atoms with Gasteiger partial charge in [-0.15, -0.1) is 0 Å². The highest BCUT2D eigenvalue weighted by Crippen LogP contribution is 2.37. The predicted octanol–water partition coefficient (Wildman–Crippen LogP) is -0.339. The molecule has 1 aliphatic carbocycles. The van der Waals surface area contributed by atoms with Crippen molar-refractivity contribution in [1.82, 2.24) is 15.0 Å². The Hall–Kier alpha value is -1.43. The highest BCUT2D eigenvalue weighted by Gasteiger charge is 2.39. The van der Waals surface area contributed by atoms with Crippen LogP contribution in [-0.4, -0.2) is 39.3 Å². The van der Waals surface area contributed by atoms with Gasteiger partial charge in [0.2, 0.25) is 11.9 Å². The van der Waals surface area contributed by atoms with Crippen LogP contribution < -0.4 is 10.6 Å². The van der Waals surface area contributed by atoms with Crippen molar-refractivity contribution in [3.05, 3.63) is 6.33 Å². The number of anilines is 2. The minimum absolute atomic E-state index is 0.158. The monoisotopic (exact) mass is 221 g/mol. The molecule has 16 heavy (non-hydrogen) atoms. The van der Waals surface area contributed by atoms with Crippen molar-refractivity contribution < 1.29 is 5.11 Å². The molecule has 2 aliphatic rings. The molecule has 3 unspecified atom stereocenters. The molecule has 6 heteroatoms. The van der Waals surface area contributed by atoms with Gasteiger partial charge in [0.15, 0.2) is 0 Å². The average Bonchev–Trinajstić information content (AvgIpc) is 2.52. The summed E-state index contributed by atoms with van der Waals surface area (Å²) in [6.07, 6.45) is 3.30. The second-order valence-corrected chi connectivity index (χ2v) is 4.71. The van der Waals surface area contributed by atoms with E-state index in [-0.39, 0.29) is 12.1 Å². The van der Waals surface area contributed by atoms with E-state index in [0.29, 0.717) is 17.8 Å². The van der Waals surface area contributed by atoms with Gasteiger partial charge in [-0.05, 0) is 18.8 Å². The van der Waals surface area contributed by atoms with Crippen molar-refractivity contribution in [2.24, 2.45) is 11.8 Å². The van der Waals surface area contributed by atoms with E-state index in [9.17, 15) is 5.11 Å². The Balaban J connectivity index is 1.82. The number of aliphatic hydroxyl groups is 1. The minimum Gasteiger partial charge on any atom is -0.393 e. The molecular formula is C10H15N5O. The number of rotatable bonds is 1. The Labute approximate surface area is 93.5 Å². The number of piperidine rings is 1. The molecule has 2 bridgehead atoms. The highest BCUT2D eigenvalue weighted by atomic mass is 16.3. The van der Waals surface area contributed by atoms with Crippen molar-refractivity contribution >= 4 is 11.9 Å². The molecule has 2 heterocycles. The van der Waals surface area contributed by atoms with Crippen molar-refractivity contribution in [3.63, 3.8) is 0 Å². The lowest BCUT2D eigenvalue weighted by molar-refractivity contribution is 0.137. The smallest absolute Gasteiger partial charge is 0.230 e. The van der Waals surface area contributed by atoms with Gasteiger partial charge in [0, 0.05) is 19.0 Å². The zero-order chi connectivity index (χ0) is 11.1. The third kappa shape index (κ3) is 1.59. The molecule has 1 aliphatic heterocycles. The van der Waals surface area contributed by atoms with Crippen LogP contribution in [0.25, 0.3) is 0 Å². The number of fused-ring (bicyclic) bond motifs is 2. The molecule has 1 aromatic rings. The lowest BCUT2D eigenvalue weighted by atomic mass is 9.99. The zero-order valence-electron chi connectivity index (χ0n) is 8.95. The van der Waals surface area contributed by atoms with Gasteiger partial charge in [-0.2, -0.15) is 4.98 Å². The fraction of sp³-hybridized carbons (Fsp3) is 0.700. The maximum atomic E-state index is 9.81. The number of aromatic nitrogens is 3. The van der Waals surface area contributed by atoms with Crippen LogP contribution in [0.15, 0.2) is 6.33 Å². The Morgan fingerprint density at radius 2 is 2.19 bits per heavy atom. The third-order valence-electron chi connectivity index (χ3n) is 3.55.